The molecule has 4 aliphatic rings. The van der Waals surface area contributed by atoms with E-state index >= 15 is 0 Å². The molecule has 0 radical (unpaired) electrons. The van der Waals surface area contributed by atoms with Crippen molar-refractivity contribution in [2.24, 2.45) is 51.8 Å². The summed E-state index contributed by atoms with van der Waals surface area (Å²) >= 11 is 0. The predicted octanol–water partition coefficient (Wildman–Crippen LogP) is 6.69. The number of nitrogens with one attached hydrogen (secondary N) is 2. The van der Waals surface area contributed by atoms with Gasteiger partial charge in [-0.05, 0) is 103 Å². The van der Waals surface area contributed by atoms with Gasteiger partial charge in [0, 0.05) is 29.7 Å². The molecule has 4 aliphatic carbocycles. The Balaban J connectivity index is 1.13. The molecule has 3 N–H and O–H groups in total. The topological polar surface area (TPSA) is 113 Å². The van der Waals surface area contributed by atoms with Gasteiger partial charge in [-0.2, -0.15) is 0 Å². The highest BCUT2D eigenvalue weighted by atomic mass is 32.2. The molecule has 0 bridgehead atoms. The zero-order valence-corrected chi connectivity index (χ0v) is 28.5. The van der Waals surface area contributed by atoms with E-state index in [0.717, 1.165) is 50.3 Å². The number of Topliss-reactive ketones (excluding diaryl/α,β-unsaturated/α-hetero) is 1. The van der Waals surface area contributed by atoms with Gasteiger partial charge in [-0.15, -0.1) is 12.3 Å². The molecule has 6 rings (SSSR count). The Kier molecular flexibility index (Phi) is 8.59. The van der Waals surface area contributed by atoms with Gasteiger partial charge in [0.1, 0.15) is 5.78 Å². The van der Waals surface area contributed by atoms with Gasteiger partial charge >= 0.3 is 6.03 Å². The Morgan fingerprint density at radius 3 is 2.50 bits per heavy atom. The average molecular weight is 647 g/mol. The number of carbonyl (C=O) groups excluding carboxylic acids is 2. The van der Waals surface area contributed by atoms with E-state index in [1.165, 1.54) is 6.07 Å². The van der Waals surface area contributed by atoms with Crippen molar-refractivity contribution in [2.45, 2.75) is 96.5 Å². The van der Waals surface area contributed by atoms with Gasteiger partial charge in [0.15, 0.2) is 0 Å². The number of carbonyl (C=O) groups is 2. The van der Waals surface area contributed by atoms with Crippen LogP contribution in [0.1, 0.15) is 85.5 Å². The summed E-state index contributed by atoms with van der Waals surface area (Å²) in [6, 6.07) is 11.4. The summed E-state index contributed by atoms with van der Waals surface area (Å²) < 4.78 is 28.4. The number of amides is 2. The fraction of sp³-hybridized carbons (Fsp3) is 0.632. The number of urea groups is 1. The minimum absolute atomic E-state index is 0.0279. The average Bonchev–Trinajstić information content (AvgIpc) is 3.37. The van der Waals surface area contributed by atoms with Crippen LogP contribution in [0.5, 0.6) is 0 Å². The van der Waals surface area contributed by atoms with Crippen LogP contribution in [0.3, 0.4) is 0 Å². The Hall–Kier alpha value is -2.89. The summed E-state index contributed by atoms with van der Waals surface area (Å²) in [6.07, 6.45) is 13.6. The van der Waals surface area contributed by atoms with Gasteiger partial charge in [-0.25, -0.2) is 17.9 Å². The highest BCUT2D eigenvalue weighted by molar-refractivity contribution is 7.90. The number of fused-ring (bicyclic) bond motifs is 6. The van der Waals surface area contributed by atoms with Gasteiger partial charge in [0.05, 0.1) is 11.0 Å². The molecule has 0 aliphatic heterocycles. The van der Waals surface area contributed by atoms with Crippen molar-refractivity contribution < 1.29 is 23.1 Å². The van der Waals surface area contributed by atoms with E-state index in [9.17, 15) is 23.1 Å². The van der Waals surface area contributed by atoms with E-state index < -0.39 is 16.1 Å². The molecular formula is C38H50N2O5S. The first-order valence-electron chi connectivity index (χ1n) is 17.3. The maximum Gasteiger partial charge on any atom is 0.328 e. The van der Waals surface area contributed by atoms with Gasteiger partial charge in [0.2, 0.25) is 0 Å². The first-order valence-corrected chi connectivity index (χ1v) is 18.8. The van der Waals surface area contributed by atoms with Gasteiger partial charge < -0.3 is 10.4 Å². The maximum absolute atomic E-state index is 14.4. The van der Waals surface area contributed by atoms with Crippen LogP contribution in [0.25, 0.3) is 10.8 Å². The third-order valence-corrected chi connectivity index (χ3v) is 15.1. The lowest BCUT2D eigenvalue weighted by Crippen LogP contribution is -2.65. The molecule has 0 saturated heterocycles. The molecule has 8 heteroatoms. The van der Waals surface area contributed by atoms with Gasteiger partial charge in [-0.1, -0.05) is 64.1 Å². The van der Waals surface area contributed by atoms with Gasteiger partial charge in [0.25, 0.3) is 10.0 Å². The van der Waals surface area contributed by atoms with E-state index in [1.54, 1.807) is 18.2 Å². The zero-order chi connectivity index (χ0) is 33.1. The highest BCUT2D eigenvalue weighted by Gasteiger charge is 2.68. The van der Waals surface area contributed by atoms with Crippen molar-refractivity contribution in [3.05, 3.63) is 42.5 Å². The molecule has 4 saturated carbocycles. The van der Waals surface area contributed by atoms with Crippen LogP contribution in [0.4, 0.5) is 4.79 Å². The number of aliphatic hydroxyl groups is 1. The van der Waals surface area contributed by atoms with Crippen molar-refractivity contribution in [1.82, 2.24) is 10.0 Å². The second kappa shape index (κ2) is 12.0. The summed E-state index contributed by atoms with van der Waals surface area (Å²) in [7, 11) is -4.08. The lowest BCUT2D eigenvalue weighted by Gasteiger charge is -2.66. The van der Waals surface area contributed by atoms with Crippen LogP contribution in [0.2, 0.25) is 0 Å². The fourth-order valence-corrected chi connectivity index (χ4v) is 12.4. The largest absolute Gasteiger partial charge is 0.393 e. The summed E-state index contributed by atoms with van der Waals surface area (Å²) in [5.41, 5.74) is -0.220. The molecule has 0 spiro atoms. The normalized spacial score (nSPS) is 37.8. The third-order valence-electron chi connectivity index (χ3n) is 13.7. The van der Waals surface area contributed by atoms with E-state index in [4.69, 9.17) is 6.42 Å². The molecule has 0 unspecified atom stereocenters. The van der Waals surface area contributed by atoms with E-state index in [2.05, 4.69) is 43.7 Å². The van der Waals surface area contributed by atoms with Crippen LogP contribution in [0.15, 0.2) is 47.4 Å². The number of ketones is 1. The van der Waals surface area contributed by atoms with Crippen LogP contribution >= 0.6 is 0 Å². The molecule has 46 heavy (non-hydrogen) atoms. The van der Waals surface area contributed by atoms with E-state index in [-0.39, 0.29) is 63.4 Å². The summed E-state index contributed by atoms with van der Waals surface area (Å²) in [5.74, 6) is 4.20. The molecule has 248 valence electrons. The Labute approximate surface area is 274 Å². The first-order chi connectivity index (χ1) is 21.8. The van der Waals surface area contributed by atoms with Gasteiger partial charge in [-0.3, -0.25) is 4.79 Å². The molecule has 0 heterocycles. The van der Waals surface area contributed by atoms with E-state index in [1.807, 2.05) is 18.2 Å². The number of hydrogen-bond acceptors (Lipinski definition) is 5. The molecule has 10 atom stereocenters. The number of benzene rings is 2. The highest BCUT2D eigenvalue weighted by Crippen LogP contribution is 2.72. The predicted molar refractivity (Wildman–Crippen MR) is 180 cm³/mol. The van der Waals surface area contributed by atoms with Crippen molar-refractivity contribution in [3.8, 4) is 12.3 Å². The molecule has 2 aromatic rings. The minimum atomic E-state index is -4.08. The summed E-state index contributed by atoms with van der Waals surface area (Å²) in [4.78, 5) is 27.3. The second-order valence-corrected chi connectivity index (χ2v) is 17.1. The molecule has 0 aromatic heterocycles. The SMILES string of the molecule is C#C[C@H](CCNC(=O)NS(=O)(=O)c1cccc2ccccc12)[C@H]1CC[C@H]2[C@@H]3C(=O)[C@H](CC)[C@]4(C)C[C@H](O)CC[C@]4(C)[C@H]3CC[C@]12C. The Morgan fingerprint density at radius 2 is 1.76 bits per heavy atom. The number of sulfonamides is 1. The Morgan fingerprint density at radius 1 is 1.02 bits per heavy atom. The second-order valence-electron chi connectivity index (χ2n) is 15.5. The van der Waals surface area contributed by atoms with Crippen LogP contribution in [-0.4, -0.2) is 38.0 Å². The minimum Gasteiger partial charge on any atom is -0.393 e. The van der Waals surface area contributed by atoms with Crippen LogP contribution in [-0.2, 0) is 14.8 Å². The van der Waals surface area contributed by atoms with Crippen molar-refractivity contribution >= 4 is 32.6 Å². The summed E-state index contributed by atoms with van der Waals surface area (Å²) in [6.45, 7) is 9.45. The number of hydrogen-bond donors (Lipinski definition) is 3. The maximum atomic E-state index is 14.4. The monoisotopic (exact) mass is 646 g/mol. The van der Waals surface area contributed by atoms with Crippen molar-refractivity contribution in [2.75, 3.05) is 6.54 Å². The molecular weight excluding hydrogens is 596 g/mol. The molecule has 2 amide bonds. The lowest BCUT2D eigenvalue weighted by atomic mass is 9.37. The Bertz CT molecular complexity index is 1660. The van der Waals surface area contributed by atoms with Crippen LogP contribution < -0.4 is 10.0 Å². The van der Waals surface area contributed by atoms with Crippen LogP contribution in [0, 0.1) is 64.1 Å². The number of terminal acetylenes is 1. The van der Waals surface area contributed by atoms with Crippen molar-refractivity contribution in [1.29, 1.82) is 0 Å². The quantitative estimate of drug-likeness (QED) is 0.290. The number of aliphatic hydroxyl groups excluding tert-OH is 1. The summed E-state index contributed by atoms with van der Waals surface area (Å²) in [5, 5.41) is 14.8. The smallest absolute Gasteiger partial charge is 0.328 e. The standard InChI is InChI=1S/C38H50N2O5S/c1-6-24(19-22-39-35(43)40-46(44,45)32-14-10-12-25-11-8-9-13-27(25)32)29-15-16-30-33-31(18-20-36(29,30)3)37(4)21-17-26(41)23-38(37,5)28(7-2)34(33)42/h1,8-14,24,26,28-31,33,41H,7,15-23H2,2-5H3,(H2,39,40,43)/t24-,26-,28+,29-,30+,31+,33+,36-,37-,38+/m1/s1. The fourth-order valence-electron chi connectivity index (χ4n) is 11.3. The first kappa shape index (κ1) is 33.0. The molecule has 2 aromatic carbocycles. The lowest BCUT2D eigenvalue weighted by molar-refractivity contribution is -0.199. The number of rotatable bonds is 7. The molecule has 4 fully saturated rings. The third kappa shape index (κ3) is 5.08. The van der Waals surface area contributed by atoms with Crippen molar-refractivity contribution in [3.63, 3.8) is 0 Å². The van der Waals surface area contributed by atoms with E-state index in [0.29, 0.717) is 29.9 Å². The zero-order valence-electron chi connectivity index (χ0n) is 27.7. The molecule has 7 nitrogen and oxygen atoms in total.